The summed E-state index contributed by atoms with van der Waals surface area (Å²) < 4.78 is 0. The van der Waals surface area contributed by atoms with E-state index in [2.05, 4.69) is 42.6 Å². The molecule has 2 heteroatoms. The number of hydrogen-bond acceptors (Lipinski definition) is 2. The van der Waals surface area contributed by atoms with Crippen molar-refractivity contribution >= 4 is 0 Å². The van der Waals surface area contributed by atoms with Crippen LogP contribution in [0, 0.1) is 17.8 Å². The van der Waals surface area contributed by atoms with Crippen molar-refractivity contribution in [3.63, 3.8) is 0 Å². The van der Waals surface area contributed by atoms with Crippen LogP contribution in [0.3, 0.4) is 0 Å². The van der Waals surface area contributed by atoms with Gasteiger partial charge in [-0.1, -0.05) is 30.3 Å². The van der Waals surface area contributed by atoms with Crippen LogP contribution in [0.2, 0.25) is 0 Å². The number of rotatable bonds is 3. The average molecular weight is 285 g/mol. The highest BCUT2D eigenvalue weighted by Crippen LogP contribution is 2.55. The van der Waals surface area contributed by atoms with Gasteiger partial charge in [-0.3, -0.25) is 0 Å². The smallest absolute Gasteiger partial charge is 0.0656 e. The summed E-state index contributed by atoms with van der Waals surface area (Å²) >= 11 is 0. The Kier molecular flexibility index (Phi) is 3.35. The van der Waals surface area contributed by atoms with Gasteiger partial charge in [-0.25, -0.2) is 0 Å². The number of benzene rings is 1. The highest BCUT2D eigenvalue weighted by molar-refractivity contribution is 5.18. The minimum Gasteiger partial charge on any atom is -0.390 e. The van der Waals surface area contributed by atoms with Gasteiger partial charge in [-0.05, 0) is 68.8 Å². The van der Waals surface area contributed by atoms with Gasteiger partial charge >= 0.3 is 0 Å². The molecule has 3 aliphatic rings. The van der Waals surface area contributed by atoms with E-state index >= 15 is 0 Å². The fourth-order valence-electron chi connectivity index (χ4n) is 5.49. The molecule has 0 aromatic heterocycles. The third kappa shape index (κ3) is 2.53. The van der Waals surface area contributed by atoms with Crippen molar-refractivity contribution in [1.82, 2.24) is 5.32 Å². The minimum absolute atomic E-state index is 0.325. The Labute approximate surface area is 128 Å². The van der Waals surface area contributed by atoms with Crippen molar-refractivity contribution in [2.24, 2.45) is 17.8 Å². The molecule has 2 nitrogen and oxygen atoms in total. The predicted octanol–water partition coefficient (Wildman–Crippen LogP) is 3.67. The molecule has 3 saturated carbocycles. The van der Waals surface area contributed by atoms with Crippen LogP contribution in [-0.2, 0) is 0 Å². The third-order valence-electron chi connectivity index (χ3n) is 6.33. The van der Waals surface area contributed by atoms with Gasteiger partial charge < -0.3 is 10.4 Å². The second-order valence-electron chi connectivity index (χ2n) is 7.85. The van der Waals surface area contributed by atoms with Crippen molar-refractivity contribution in [1.29, 1.82) is 0 Å². The maximum atomic E-state index is 10.8. The monoisotopic (exact) mass is 285 g/mol. The van der Waals surface area contributed by atoms with Gasteiger partial charge in [0.05, 0.1) is 5.60 Å². The summed E-state index contributed by atoms with van der Waals surface area (Å²) in [6.45, 7) is 2.28. The van der Waals surface area contributed by atoms with Gasteiger partial charge in [-0.2, -0.15) is 0 Å². The highest BCUT2D eigenvalue weighted by Gasteiger charge is 2.53. The van der Waals surface area contributed by atoms with Gasteiger partial charge in [0, 0.05) is 12.1 Å². The Morgan fingerprint density at radius 1 is 1.14 bits per heavy atom. The topological polar surface area (TPSA) is 32.3 Å². The molecule has 0 amide bonds. The van der Waals surface area contributed by atoms with Crippen molar-refractivity contribution in [3.8, 4) is 0 Å². The first kappa shape index (κ1) is 13.8. The third-order valence-corrected chi connectivity index (χ3v) is 6.33. The van der Waals surface area contributed by atoms with E-state index in [1.807, 2.05) is 0 Å². The van der Waals surface area contributed by atoms with Crippen LogP contribution in [0.1, 0.15) is 57.1 Å². The van der Waals surface area contributed by atoms with Crippen LogP contribution >= 0.6 is 0 Å². The van der Waals surface area contributed by atoms with E-state index in [4.69, 9.17) is 0 Å². The van der Waals surface area contributed by atoms with Gasteiger partial charge in [0.2, 0.25) is 0 Å². The minimum atomic E-state index is -0.325. The molecule has 0 spiro atoms. The van der Waals surface area contributed by atoms with E-state index in [0.717, 1.165) is 31.1 Å². The predicted molar refractivity (Wildman–Crippen MR) is 84.9 cm³/mol. The lowest BCUT2D eigenvalue weighted by Crippen LogP contribution is -2.39. The molecule has 3 bridgehead atoms. The molecule has 3 aliphatic carbocycles. The molecule has 0 saturated heterocycles. The summed E-state index contributed by atoms with van der Waals surface area (Å²) in [5.74, 6) is 2.22. The largest absolute Gasteiger partial charge is 0.390 e. The lowest BCUT2D eigenvalue weighted by Gasteiger charge is -2.34. The summed E-state index contributed by atoms with van der Waals surface area (Å²) in [7, 11) is 0. The Balaban J connectivity index is 1.51. The van der Waals surface area contributed by atoms with Gasteiger partial charge in [-0.15, -0.1) is 0 Å². The lowest BCUT2D eigenvalue weighted by molar-refractivity contribution is -0.00606. The first-order chi connectivity index (χ1) is 10.1. The summed E-state index contributed by atoms with van der Waals surface area (Å²) in [5.41, 5.74) is 1.05. The van der Waals surface area contributed by atoms with Crippen molar-refractivity contribution in [3.05, 3.63) is 35.9 Å². The Bertz CT molecular complexity index is 502. The average Bonchev–Trinajstić information content (AvgIpc) is 2.66. The van der Waals surface area contributed by atoms with Crippen LogP contribution in [0.25, 0.3) is 0 Å². The molecular formula is C19H27NO. The second kappa shape index (κ2) is 5.10. The van der Waals surface area contributed by atoms with E-state index < -0.39 is 0 Å². The standard InChI is InChI=1S/C19H27NO/c1-13(15-5-3-2-4-6-15)20-18-8-7-14-9-16-11-19(21,10-14)12-17(16)18/h2-6,13-14,16-18,20-21H,7-12H2,1H3/t13-,14?,16?,17?,18-,19-/m0/s1. The highest BCUT2D eigenvalue weighted by atomic mass is 16.3. The van der Waals surface area contributed by atoms with E-state index in [0.29, 0.717) is 18.0 Å². The fourth-order valence-corrected chi connectivity index (χ4v) is 5.49. The lowest BCUT2D eigenvalue weighted by atomic mass is 9.77. The van der Waals surface area contributed by atoms with Crippen LogP contribution in [0.15, 0.2) is 30.3 Å². The molecule has 2 N–H and O–H groups in total. The second-order valence-corrected chi connectivity index (χ2v) is 7.85. The maximum absolute atomic E-state index is 10.8. The first-order valence-corrected chi connectivity index (χ1v) is 8.66. The van der Waals surface area contributed by atoms with Gasteiger partial charge in [0.25, 0.3) is 0 Å². The first-order valence-electron chi connectivity index (χ1n) is 8.66. The van der Waals surface area contributed by atoms with E-state index in [1.165, 1.54) is 24.8 Å². The van der Waals surface area contributed by atoms with Crippen LogP contribution in [-0.4, -0.2) is 16.7 Å². The quantitative estimate of drug-likeness (QED) is 0.888. The Morgan fingerprint density at radius 2 is 1.95 bits per heavy atom. The summed E-state index contributed by atoms with van der Waals surface area (Å²) in [6.07, 6.45) is 7.12. The van der Waals surface area contributed by atoms with Gasteiger partial charge in [0.1, 0.15) is 0 Å². The Morgan fingerprint density at radius 3 is 2.76 bits per heavy atom. The van der Waals surface area contributed by atoms with Crippen molar-refractivity contribution in [2.75, 3.05) is 0 Å². The number of fused-ring (bicyclic) bond motifs is 2. The molecule has 4 rings (SSSR count). The fraction of sp³-hybridized carbons (Fsp3) is 0.684. The maximum Gasteiger partial charge on any atom is 0.0656 e. The summed E-state index contributed by atoms with van der Waals surface area (Å²) in [4.78, 5) is 0. The zero-order chi connectivity index (χ0) is 14.4. The van der Waals surface area contributed by atoms with Gasteiger partial charge in [0.15, 0.2) is 0 Å². The van der Waals surface area contributed by atoms with Crippen LogP contribution in [0.4, 0.5) is 0 Å². The van der Waals surface area contributed by atoms with E-state index in [9.17, 15) is 5.11 Å². The summed E-state index contributed by atoms with van der Waals surface area (Å²) in [6, 6.07) is 11.7. The normalized spacial score (nSPS) is 42.8. The molecule has 1 aromatic rings. The molecule has 3 fully saturated rings. The molecular weight excluding hydrogens is 258 g/mol. The molecule has 0 radical (unpaired) electrons. The molecule has 0 aliphatic heterocycles. The molecule has 3 unspecified atom stereocenters. The zero-order valence-corrected chi connectivity index (χ0v) is 13.0. The SMILES string of the molecule is C[C@H](N[C@H]1CCC2CC3C[C@@](O)(C2)CC31)c1ccccc1. The van der Waals surface area contributed by atoms with E-state index in [1.54, 1.807) is 0 Å². The number of aliphatic hydroxyl groups is 1. The molecule has 114 valence electrons. The molecule has 0 heterocycles. The summed E-state index contributed by atoms with van der Waals surface area (Å²) in [5, 5.41) is 14.7. The molecule has 21 heavy (non-hydrogen) atoms. The Hall–Kier alpha value is -0.860. The van der Waals surface area contributed by atoms with Crippen LogP contribution in [0.5, 0.6) is 0 Å². The van der Waals surface area contributed by atoms with Crippen molar-refractivity contribution in [2.45, 2.75) is 63.1 Å². The molecule has 6 atom stereocenters. The molecule has 1 aromatic carbocycles. The van der Waals surface area contributed by atoms with Crippen LogP contribution < -0.4 is 5.32 Å². The van der Waals surface area contributed by atoms with Crippen molar-refractivity contribution < 1.29 is 5.11 Å². The number of hydrogen-bond donors (Lipinski definition) is 2. The number of nitrogens with one attached hydrogen (secondary N) is 1. The zero-order valence-electron chi connectivity index (χ0n) is 13.0. The van der Waals surface area contributed by atoms with E-state index in [-0.39, 0.29) is 5.60 Å².